The molecular weight excluding hydrogens is 284 g/mol. The Kier molecular flexibility index (Phi) is 3.32. The zero-order valence-corrected chi connectivity index (χ0v) is 12.4. The highest BCUT2D eigenvalue weighted by molar-refractivity contribution is 5.94. The van der Waals surface area contributed by atoms with Crippen LogP contribution in [0.3, 0.4) is 0 Å². The van der Waals surface area contributed by atoms with E-state index in [1.807, 2.05) is 24.3 Å². The van der Waals surface area contributed by atoms with Crippen molar-refractivity contribution >= 4 is 17.7 Å². The van der Waals surface area contributed by atoms with Crippen LogP contribution >= 0.6 is 0 Å². The maximum absolute atomic E-state index is 12.0. The van der Waals surface area contributed by atoms with Gasteiger partial charge in [0.15, 0.2) is 5.69 Å². The first kappa shape index (κ1) is 14.1. The molecule has 0 unspecified atom stereocenters. The topological polar surface area (TPSA) is 78.7 Å². The largest absolute Gasteiger partial charge is 0.476 e. The van der Waals surface area contributed by atoms with Gasteiger partial charge in [-0.1, -0.05) is 12.1 Å². The van der Waals surface area contributed by atoms with Gasteiger partial charge < -0.3 is 10.0 Å². The highest BCUT2D eigenvalue weighted by Crippen LogP contribution is 2.25. The van der Waals surface area contributed by atoms with Gasteiger partial charge in [0.25, 0.3) is 0 Å². The van der Waals surface area contributed by atoms with Crippen LogP contribution in [0.1, 0.15) is 10.5 Å². The van der Waals surface area contributed by atoms with Crippen molar-refractivity contribution in [3.8, 4) is 11.3 Å². The van der Waals surface area contributed by atoms with E-state index in [0.717, 1.165) is 11.3 Å². The number of likely N-dealkylation sites (N-methyl/N-ethyl adjacent to an activating group) is 1. The summed E-state index contributed by atoms with van der Waals surface area (Å²) in [6.07, 6.45) is 0. The van der Waals surface area contributed by atoms with E-state index in [9.17, 15) is 9.59 Å². The predicted molar refractivity (Wildman–Crippen MR) is 81.0 cm³/mol. The number of rotatable bonds is 3. The van der Waals surface area contributed by atoms with Gasteiger partial charge in [0.1, 0.15) is 0 Å². The third-order valence-corrected chi connectivity index (χ3v) is 3.79. The Morgan fingerprint density at radius 1 is 1.18 bits per heavy atom. The second-order valence-electron chi connectivity index (χ2n) is 5.25. The highest BCUT2D eigenvalue weighted by atomic mass is 16.4. The van der Waals surface area contributed by atoms with Crippen LogP contribution in [0, 0.1) is 0 Å². The summed E-state index contributed by atoms with van der Waals surface area (Å²) in [5, 5.41) is 12.9. The van der Waals surface area contributed by atoms with Gasteiger partial charge in [-0.25, -0.2) is 9.59 Å². The Bertz CT molecular complexity index is 736. The second-order valence-corrected chi connectivity index (χ2v) is 5.25. The number of hydrogen-bond acceptors (Lipinski definition) is 3. The first-order valence-corrected chi connectivity index (χ1v) is 6.88. The van der Waals surface area contributed by atoms with Gasteiger partial charge in [0.05, 0.1) is 5.69 Å². The van der Waals surface area contributed by atoms with E-state index in [1.54, 1.807) is 23.9 Å². The van der Waals surface area contributed by atoms with Crippen LogP contribution < -0.4 is 4.90 Å². The number of aryl methyl sites for hydroxylation is 1. The molecule has 1 aromatic carbocycles. The number of benzene rings is 1. The van der Waals surface area contributed by atoms with Crippen molar-refractivity contribution in [1.82, 2.24) is 14.7 Å². The standard InChI is InChI=1S/C15H16N4O3/c1-17-7-8-19(15(17)22)11-5-3-10(4-6-11)13-9-12(14(20)21)16-18(13)2/h3-6,9H,7-8H2,1-2H3,(H,20,21). The van der Waals surface area contributed by atoms with E-state index in [0.29, 0.717) is 18.8 Å². The Balaban J connectivity index is 1.89. The average molecular weight is 300 g/mol. The Morgan fingerprint density at radius 3 is 2.36 bits per heavy atom. The number of aromatic carboxylic acids is 1. The molecule has 1 aliphatic rings. The Morgan fingerprint density at radius 2 is 1.86 bits per heavy atom. The Hall–Kier alpha value is -2.83. The fraction of sp³-hybridized carbons (Fsp3) is 0.267. The van der Waals surface area contributed by atoms with Crippen LogP contribution in [-0.2, 0) is 7.05 Å². The molecule has 7 heteroatoms. The summed E-state index contributed by atoms with van der Waals surface area (Å²) >= 11 is 0. The molecule has 7 nitrogen and oxygen atoms in total. The van der Waals surface area contributed by atoms with E-state index >= 15 is 0 Å². The third kappa shape index (κ3) is 2.30. The van der Waals surface area contributed by atoms with Gasteiger partial charge in [-0.15, -0.1) is 0 Å². The van der Waals surface area contributed by atoms with Crippen molar-refractivity contribution in [3.63, 3.8) is 0 Å². The average Bonchev–Trinajstić information content (AvgIpc) is 3.04. The van der Waals surface area contributed by atoms with E-state index in [1.165, 1.54) is 10.7 Å². The molecule has 1 fully saturated rings. The van der Waals surface area contributed by atoms with Crippen LogP contribution in [0.5, 0.6) is 0 Å². The lowest BCUT2D eigenvalue weighted by Crippen LogP contribution is -2.29. The minimum Gasteiger partial charge on any atom is -0.476 e. The van der Waals surface area contributed by atoms with Crippen molar-refractivity contribution in [2.45, 2.75) is 0 Å². The fourth-order valence-corrected chi connectivity index (χ4v) is 2.54. The molecule has 22 heavy (non-hydrogen) atoms. The number of carboxylic acid groups (broad SMARTS) is 1. The normalized spacial score (nSPS) is 14.7. The number of carbonyl (C=O) groups excluding carboxylic acids is 1. The molecule has 0 spiro atoms. The number of anilines is 1. The molecule has 114 valence electrons. The molecule has 0 aliphatic carbocycles. The molecule has 0 bridgehead atoms. The summed E-state index contributed by atoms with van der Waals surface area (Å²) in [6, 6.07) is 8.97. The lowest BCUT2D eigenvalue weighted by molar-refractivity contribution is 0.0689. The number of amides is 2. The van der Waals surface area contributed by atoms with Crippen LogP contribution in [0.4, 0.5) is 10.5 Å². The van der Waals surface area contributed by atoms with Gasteiger partial charge >= 0.3 is 12.0 Å². The number of nitrogens with zero attached hydrogens (tertiary/aromatic N) is 4. The quantitative estimate of drug-likeness (QED) is 0.935. The van der Waals surface area contributed by atoms with E-state index in [2.05, 4.69) is 5.10 Å². The first-order chi connectivity index (χ1) is 10.5. The van der Waals surface area contributed by atoms with Crippen LogP contribution in [-0.4, -0.2) is 51.9 Å². The molecule has 2 amide bonds. The Labute approximate surface area is 127 Å². The molecule has 0 saturated carbocycles. The maximum atomic E-state index is 12.0. The molecule has 2 aromatic rings. The van der Waals surface area contributed by atoms with Crippen LogP contribution in [0.25, 0.3) is 11.3 Å². The van der Waals surface area contributed by atoms with E-state index in [-0.39, 0.29) is 11.7 Å². The summed E-state index contributed by atoms with van der Waals surface area (Å²) in [5.41, 5.74) is 2.41. The van der Waals surface area contributed by atoms with Gasteiger partial charge in [-0.05, 0) is 23.8 Å². The second kappa shape index (κ2) is 5.18. The molecule has 1 aliphatic heterocycles. The minimum absolute atomic E-state index is 0.0120. The van der Waals surface area contributed by atoms with Gasteiger partial charge in [0.2, 0.25) is 0 Å². The number of aromatic nitrogens is 2. The zero-order valence-electron chi connectivity index (χ0n) is 12.4. The molecule has 1 saturated heterocycles. The summed E-state index contributed by atoms with van der Waals surface area (Å²) in [7, 11) is 3.48. The summed E-state index contributed by atoms with van der Waals surface area (Å²) in [6.45, 7) is 1.38. The lowest BCUT2D eigenvalue weighted by atomic mass is 10.1. The van der Waals surface area contributed by atoms with Gasteiger partial charge in [-0.3, -0.25) is 9.58 Å². The van der Waals surface area contributed by atoms with Gasteiger partial charge in [0, 0.05) is 32.9 Å². The monoisotopic (exact) mass is 300 g/mol. The summed E-state index contributed by atoms with van der Waals surface area (Å²) < 4.78 is 1.53. The highest BCUT2D eigenvalue weighted by Gasteiger charge is 2.26. The first-order valence-electron chi connectivity index (χ1n) is 6.88. The third-order valence-electron chi connectivity index (χ3n) is 3.79. The van der Waals surface area contributed by atoms with E-state index in [4.69, 9.17) is 5.11 Å². The predicted octanol–water partition coefficient (Wildman–Crippen LogP) is 1.66. The van der Waals surface area contributed by atoms with Crippen molar-refractivity contribution in [1.29, 1.82) is 0 Å². The number of carboxylic acids is 1. The maximum Gasteiger partial charge on any atom is 0.356 e. The van der Waals surface area contributed by atoms with Crippen molar-refractivity contribution in [2.75, 3.05) is 25.0 Å². The van der Waals surface area contributed by atoms with E-state index < -0.39 is 5.97 Å². The molecule has 1 N–H and O–H groups in total. The molecule has 0 radical (unpaired) electrons. The number of hydrogen-bond donors (Lipinski definition) is 1. The van der Waals surface area contributed by atoms with Crippen LogP contribution in [0.15, 0.2) is 30.3 Å². The lowest BCUT2D eigenvalue weighted by Gasteiger charge is -2.16. The van der Waals surface area contributed by atoms with Crippen molar-refractivity contribution < 1.29 is 14.7 Å². The molecule has 0 atom stereocenters. The molecule has 3 rings (SSSR count). The summed E-state index contributed by atoms with van der Waals surface area (Å²) in [5.74, 6) is -1.05. The van der Waals surface area contributed by atoms with Crippen LogP contribution in [0.2, 0.25) is 0 Å². The molecule has 2 heterocycles. The fourth-order valence-electron chi connectivity index (χ4n) is 2.54. The smallest absolute Gasteiger partial charge is 0.356 e. The van der Waals surface area contributed by atoms with Crippen molar-refractivity contribution in [2.24, 2.45) is 7.05 Å². The van der Waals surface area contributed by atoms with Gasteiger partial charge in [-0.2, -0.15) is 5.10 Å². The number of carbonyl (C=O) groups is 2. The van der Waals surface area contributed by atoms with Crippen molar-refractivity contribution in [3.05, 3.63) is 36.0 Å². The zero-order chi connectivity index (χ0) is 15.9. The molecule has 1 aromatic heterocycles. The SMILES string of the molecule is CN1CCN(c2ccc(-c3cc(C(=O)O)nn3C)cc2)C1=O. The number of urea groups is 1. The summed E-state index contributed by atoms with van der Waals surface area (Å²) in [4.78, 5) is 26.3. The molecular formula is C15H16N4O3. The minimum atomic E-state index is -1.05.